The second-order valence-corrected chi connectivity index (χ2v) is 5.48. The second-order valence-electron chi connectivity index (χ2n) is 5.48. The summed E-state index contributed by atoms with van der Waals surface area (Å²) in [5.74, 6) is 1.45. The molecule has 0 aliphatic heterocycles. The fraction of sp³-hybridized carbons (Fsp3) is 0.316. The molecule has 3 N–H and O–H groups in total. The monoisotopic (exact) mass is 380 g/mol. The molecule has 0 bridgehead atoms. The highest BCUT2D eigenvalue weighted by molar-refractivity contribution is 5.85. The van der Waals surface area contributed by atoms with E-state index >= 15 is 0 Å². The Bertz CT molecular complexity index is 692. The largest absolute Gasteiger partial charge is 0.497 e. The highest BCUT2D eigenvalue weighted by Crippen LogP contribution is 2.31. The molecule has 0 aliphatic carbocycles. The Labute approximate surface area is 160 Å². The molecule has 0 atom stereocenters. The first-order valence-electron chi connectivity index (χ1n) is 8.04. The number of amides is 1. The maximum absolute atomic E-state index is 11.0. The Kier molecular flexibility index (Phi) is 9.33. The summed E-state index contributed by atoms with van der Waals surface area (Å²) in [6.07, 6.45) is 0.894. The van der Waals surface area contributed by atoms with Crippen LogP contribution in [0.3, 0.4) is 0 Å². The van der Waals surface area contributed by atoms with Crippen LogP contribution in [-0.4, -0.2) is 33.3 Å². The van der Waals surface area contributed by atoms with E-state index in [4.69, 9.17) is 19.9 Å². The predicted molar refractivity (Wildman–Crippen MR) is 103 cm³/mol. The number of halogens is 1. The van der Waals surface area contributed by atoms with Crippen LogP contribution in [0.1, 0.15) is 11.1 Å². The van der Waals surface area contributed by atoms with Crippen LogP contribution in [0.2, 0.25) is 0 Å². The second kappa shape index (κ2) is 11.2. The first kappa shape index (κ1) is 21.6. The van der Waals surface area contributed by atoms with E-state index < -0.39 is 5.91 Å². The zero-order valence-corrected chi connectivity index (χ0v) is 15.8. The van der Waals surface area contributed by atoms with E-state index in [0.29, 0.717) is 18.0 Å². The van der Waals surface area contributed by atoms with Crippen molar-refractivity contribution >= 4 is 18.3 Å². The molecule has 0 aliphatic rings. The van der Waals surface area contributed by atoms with E-state index in [0.717, 1.165) is 24.3 Å². The molecule has 2 aromatic rings. The van der Waals surface area contributed by atoms with Gasteiger partial charge in [0.05, 0.1) is 14.2 Å². The number of para-hydroxylation sites is 1. The molecular weight excluding hydrogens is 356 g/mol. The van der Waals surface area contributed by atoms with E-state index in [9.17, 15) is 4.79 Å². The lowest BCUT2D eigenvalue weighted by atomic mass is 10.1. The summed E-state index contributed by atoms with van der Waals surface area (Å²) in [6, 6.07) is 13.6. The molecule has 2 aromatic carbocycles. The molecule has 26 heavy (non-hydrogen) atoms. The van der Waals surface area contributed by atoms with Crippen LogP contribution >= 0.6 is 12.4 Å². The Hall–Kier alpha value is -2.44. The number of rotatable bonds is 10. The molecule has 0 aromatic heterocycles. The fourth-order valence-corrected chi connectivity index (χ4v) is 2.42. The first-order valence-corrected chi connectivity index (χ1v) is 8.04. The number of hydrogen-bond donors (Lipinski definition) is 2. The Morgan fingerprint density at radius 3 is 2.42 bits per heavy atom. The van der Waals surface area contributed by atoms with Crippen LogP contribution in [-0.2, 0) is 17.8 Å². The number of methoxy groups -OCH3 is 2. The maximum Gasteiger partial charge on any atom is 0.255 e. The normalized spacial score (nSPS) is 9.92. The molecule has 6 nitrogen and oxygen atoms in total. The number of nitrogens with one attached hydrogen (secondary N) is 1. The van der Waals surface area contributed by atoms with E-state index in [-0.39, 0.29) is 19.0 Å². The summed E-state index contributed by atoms with van der Waals surface area (Å²) >= 11 is 0. The Morgan fingerprint density at radius 1 is 1.08 bits per heavy atom. The molecule has 0 spiro atoms. The lowest BCUT2D eigenvalue weighted by molar-refractivity contribution is -0.119. The van der Waals surface area contributed by atoms with Gasteiger partial charge < -0.3 is 25.3 Å². The van der Waals surface area contributed by atoms with E-state index in [1.54, 1.807) is 20.3 Å². The molecule has 0 fully saturated rings. The topological polar surface area (TPSA) is 82.8 Å². The molecule has 1 amide bonds. The van der Waals surface area contributed by atoms with Crippen LogP contribution < -0.4 is 25.3 Å². The third kappa shape index (κ3) is 6.46. The van der Waals surface area contributed by atoms with E-state index in [1.807, 2.05) is 36.4 Å². The third-order valence-electron chi connectivity index (χ3n) is 3.70. The quantitative estimate of drug-likeness (QED) is 0.618. The molecule has 0 unspecified atom stereocenters. The maximum atomic E-state index is 11.0. The van der Waals surface area contributed by atoms with Crippen LogP contribution in [0, 0.1) is 0 Å². The van der Waals surface area contributed by atoms with Crippen LogP contribution in [0.15, 0.2) is 42.5 Å². The zero-order valence-electron chi connectivity index (χ0n) is 15.0. The van der Waals surface area contributed by atoms with Crippen molar-refractivity contribution in [3.05, 3.63) is 53.6 Å². The van der Waals surface area contributed by atoms with Gasteiger partial charge in [0.15, 0.2) is 18.1 Å². The van der Waals surface area contributed by atoms with Gasteiger partial charge in [0, 0.05) is 12.1 Å². The smallest absolute Gasteiger partial charge is 0.255 e. The van der Waals surface area contributed by atoms with Crippen molar-refractivity contribution in [1.29, 1.82) is 0 Å². The standard InChI is InChI=1S/C19H24N2O4.ClH/c1-23-16-8-6-14(7-9-16)10-11-21-12-15-4-3-5-17(24-2)19(15)25-13-18(20)22;/h3-9,21H,10-13H2,1-2H3,(H2,20,22);1H. The minimum absolute atomic E-state index is 0. The van der Waals surface area contributed by atoms with Crippen molar-refractivity contribution in [3.8, 4) is 17.2 Å². The number of nitrogens with two attached hydrogens (primary N) is 1. The van der Waals surface area contributed by atoms with Crippen LogP contribution in [0.5, 0.6) is 17.2 Å². The van der Waals surface area contributed by atoms with Gasteiger partial charge in [-0.25, -0.2) is 0 Å². The molecule has 142 valence electrons. The minimum atomic E-state index is -0.524. The Morgan fingerprint density at radius 2 is 1.81 bits per heavy atom. The lowest BCUT2D eigenvalue weighted by Crippen LogP contribution is -2.22. The number of hydrogen-bond acceptors (Lipinski definition) is 5. The molecule has 0 saturated heterocycles. The van der Waals surface area contributed by atoms with Crippen molar-refractivity contribution in [2.24, 2.45) is 5.73 Å². The average Bonchev–Trinajstić information content (AvgIpc) is 2.64. The number of primary amides is 1. The van der Waals surface area contributed by atoms with Gasteiger partial charge in [-0.2, -0.15) is 0 Å². The molecule has 7 heteroatoms. The van der Waals surface area contributed by atoms with Gasteiger partial charge >= 0.3 is 0 Å². The zero-order chi connectivity index (χ0) is 18.1. The van der Waals surface area contributed by atoms with Crippen molar-refractivity contribution in [2.75, 3.05) is 27.4 Å². The fourth-order valence-electron chi connectivity index (χ4n) is 2.42. The first-order chi connectivity index (χ1) is 12.1. The molecule has 0 radical (unpaired) electrons. The lowest BCUT2D eigenvalue weighted by Gasteiger charge is -2.14. The van der Waals surface area contributed by atoms with Gasteiger partial charge in [0.25, 0.3) is 5.91 Å². The predicted octanol–water partition coefficient (Wildman–Crippen LogP) is 2.32. The molecule has 0 heterocycles. The van der Waals surface area contributed by atoms with Gasteiger partial charge in [0.1, 0.15) is 5.75 Å². The summed E-state index contributed by atoms with van der Waals surface area (Å²) in [4.78, 5) is 11.0. The summed E-state index contributed by atoms with van der Waals surface area (Å²) in [7, 11) is 3.22. The SMILES string of the molecule is COc1ccc(CCNCc2cccc(OC)c2OCC(N)=O)cc1.Cl. The van der Waals surface area contributed by atoms with Gasteiger partial charge in [-0.05, 0) is 36.7 Å². The van der Waals surface area contributed by atoms with Crippen molar-refractivity contribution in [2.45, 2.75) is 13.0 Å². The molecule has 2 rings (SSSR count). The highest BCUT2D eigenvalue weighted by atomic mass is 35.5. The summed E-state index contributed by atoms with van der Waals surface area (Å²) in [5, 5.41) is 3.38. The van der Waals surface area contributed by atoms with E-state index in [1.165, 1.54) is 5.56 Å². The number of carbonyl (C=O) groups excluding carboxylic acids is 1. The third-order valence-corrected chi connectivity index (χ3v) is 3.70. The summed E-state index contributed by atoms with van der Waals surface area (Å²) < 4.78 is 16.0. The summed E-state index contributed by atoms with van der Waals surface area (Å²) in [6.45, 7) is 1.22. The van der Waals surface area contributed by atoms with E-state index in [2.05, 4.69) is 5.32 Å². The van der Waals surface area contributed by atoms with Crippen molar-refractivity contribution < 1.29 is 19.0 Å². The Balaban J connectivity index is 0.00000338. The van der Waals surface area contributed by atoms with Crippen LogP contribution in [0.25, 0.3) is 0 Å². The molecular formula is C19H25ClN2O4. The van der Waals surface area contributed by atoms with Gasteiger partial charge in [-0.3, -0.25) is 4.79 Å². The van der Waals surface area contributed by atoms with Crippen molar-refractivity contribution in [3.63, 3.8) is 0 Å². The number of ether oxygens (including phenoxy) is 3. The molecule has 0 saturated carbocycles. The van der Waals surface area contributed by atoms with Crippen molar-refractivity contribution in [1.82, 2.24) is 5.32 Å². The van der Waals surface area contributed by atoms with Crippen LogP contribution in [0.4, 0.5) is 0 Å². The van der Waals surface area contributed by atoms with Gasteiger partial charge in [0.2, 0.25) is 0 Å². The number of carbonyl (C=O) groups is 1. The number of benzene rings is 2. The van der Waals surface area contributed by atoms with Gasteiger partial charge in [-0.15, -0.1) is 12.4 Å². The van der Waals surface area contributed by atoms with Gasteiger partial charge in [-0.1, -0.05) is 24.3 Å². The summed E-state index contributed by atoms with van der Waals surface area (Å²) in [5.41, 5.74) is 7.30. The highest BCUT2D eigenvalue weighted by Gasteiger charge is 2.11. The minimum Gasteiger partial charge on any atom is -0.497 e. The average molecular weight is 381 g/mol.